The number of benzene rings is 1. The summed E-state index contributed by atoms with van der Waals surface area (Å²) < 4.78 is 31.7. The van der Waals surface area contributed by atoms with Gasteiger partial charge in [-0.05, 0) is 25.1 Å². The van der Waals surface area contributed by atoms with Gasteiger partial charge in [0, 0.05) is 30.7 Å². The zero-order valence-electron chi connectivity index (χ0n) is 12.9. The molecule has 120 valence electrons. The molecule has 0 radical (unpaired) electrons. The molecule has 0 aliphatic heterocycles. The molecule has 0 aliphatic carbocycles. The number of nitrogens with one attached hydrogen (secondary N) is 1. The van der Waals surface area contributed by atoms with Crippen LogP contribution in [0.25, 0.3) is 0 Å². The fourth-order valence-corrected chi connectivity index (χ4v) is 3.62. The van der Waals surface area contributed by atoms with E-state index in [1.54, 1.807) is 13.0 Å². The maximum absolute atomic E-state index is 12.5. The molecule has 0 fully saturated rings. The van der Waals surface area contributed by atoms with Gasteiger partial charge in [0.2, 0.25) is 10.0 Å². The van der Waals surface area contributed by atoms with Crippen molar-refractivity contribution in [2.45, 2.75) is 31.7 Å². The Bertz CT molecular complexity index is 576. The highest BCUT2D eigenvalue weighted by molar-refractivity contribution is 7.89. The van der Waals surface area contributed by atoms with E-state index in [1.165, 1.54) is 24.5 Å². The molecule has 0 spiro atoms. The van der Waals surface area contributed by atoms with Gasteiger partial charge in [-0.1, -0.05) is 25.4 Å². The van der Waals surface area contributed by atoms with Crippen LogP contribution in [0.5, 0.6) is 5.75 Å². The maximum atomic E-state index is 12.5. The van der Waals surface area contributed by atoms with Crippen molar-refractivity contribution in [3.05, 3.63) is 22.7 Å². The van der Waals surface area contributed by atoms with Crippen molar-refractivity contribution >= 4 is 21.6 Å². The topological polar surface area (TPSA) is 58.6 Å². The fraction of sp³-hybridized carbons (Fsp3) is 0.571. The lowest BCUT2D eigenvalue weighted by Gasteiger charge is -2.19. The zero-order valence-corrected chi connectivity index (χ0v) is 14.5. The summed E-state index contributed by atoms with van der Waals surface area (Å²) in [5, 5.41) is 3.61. The lowest BCUT2D eigenvalue weighted by molar-refractivity contribution is 0.392. The number of hydrogen-bond donors (Lipinski definition) is 1. The van der Waals surface area contributed by atoms with Gasteiger partial charge in [0.15, 0.2) is 0 Å². The maximum Gasteiger partial charge on any atom is 0.246 e. The second-order valence-corrected chi connectivity index (χ2v) is 7.14. The summed E-state index contributed by atoms with van der Waals surface area (Å²) in [4.78, 5) is 0.107. The van der Waals surface area contributed by atoms with Crippen molar-refractivity contribution in [3.8, 4) is 5.75 Å². The molecule has 0 saturated carbocycles. The number of halogens is 1. The van der Waals surface area contributed by atoms with Crippen molar-refractivity contribution in [3.63, 3.8) is 0 Å². The van der Waals surface area contributed by atoms with E-state index < -0.39 is 10.0 Å². The van der Waals surface area contributed by atoms with Crippen LogP contribution >= 0.6 is 11.6 Å². The lowest BCUT2D eigenvalue weighted by Crippen LogP contribution is -2.27. The standard InChI is InChI=1S/C14H23ClN2O3S/c1-5-7-16-10-11-8-12(15)9-13(14(11)20-4)21(18,19)17(3)6-2/h8-9,16H,5-7,10H2,1-4H3. The zero-order chi connectivity index (χ0) is 16.0. The molecule has 0 saturated heterocycles. The molecule has 5 nitrogen and oxygen atoms in total. The summed E-state index contributed by atoms with van der Waals surface area (Å²) in [6, 6.07) is 3.17. The van der Waals surface area contributed by atoms with E-state index in [0.717, 1.165) is 18.5 Å². The molecule has 0 atom stereocenters. The molecule has 0 bridgehead atoms. The smallest absolute Gasteiger partial charge is 0.246 e. The molecule has 0 unspecified atom stereocenters. The highest BCUT2D eigenvalue weighted by atomic mass is 35.5. The highest BCUT2D eigenvalue weighted by Gasteiger charge is 2.26. The molecular weight excluding hydrogens is 312 g/mol. The van der Waals surface area contributed by atoms with E-state index in [1.807, 2.05) is 0 Å². The van der Waals surface area contributed by atoms with Gasteiger partial charge in [-0.25, -0.2) is 12.7 Å². The molecule has 0 heterocycles. The number of nitrogens with zero attached hydrogens (tertiary/aromatic N) is 1. The Morgan fingerprint density at radius 2 is 2.00 bits per heavy atom. The Labute approximate surface area is 132 Å². The SMILES string of the molecule is CCCNCc1cc(Cl)cc(S(=O)(=O)N(C)CC)c1OC. The first-order valence-corrected chi connectivity index (χ1v) is 8.73. The number of sulfonamides is 1. The number of ether oxygens (including phenoxy) is 1. The van der Waals surface area contributed by atoms with Gasteiger partial charge in [0.1, 0.15) is 10.6 Å². The Morgan fingerprint density at radius 1 is 1.33 bits per heavy atom. The summed E-state index contributed by atoms with van der Waals surface area (Å²) in [5.74, 6) is 0.350. The first-order chi connectivity index (χ1) is 9.88. The van der Waals surface area contributed by atoms with Crippen LogP contribution in [0.1, 0.15) is 25.8 Å². The van der Waals surface area contributed by atoms with Crippen LogP contribution in [-0.4, -0.2) is 40.0 Å². The van der Waals surface area contributed by atoms with E-state index in [0.29, 0.717) is 23.9 Å². The Morgan fingerprint density at radius 3 is 2.52 bits per heavy atom. The predicted octanol–water partition coefficient (Wildman–Crippen LogP) is 2.49. The first kappa shape index (κ1) is 18.2. The van der Waals surface area contributed by atoms with Gasteiger partial charge >= 0.3 is 0 Å². The largest absolute Gasteiger partial charge is 0.495 e. The molecular formula is C14H23ClN2O3S. The summed E-state index contributed by atoms with van der Waals surface area (Å²) >= 11 is 6.08. The molecule has 0 amide bonds. The monoisotopic (exact) mass is 334 g/mol. The number of methoxy groups -OCH3 is 1. The van der Waals surface area contributed by atoms with Crippen molar-refractivity contribution < 1.29 is 13.2 Å². The first-order valence-electron chi connectivity index (χ1n) is 6.91. The molecule has 0 aliphatic rings. The second-order valence-electron chi connectivity index (χ2n) is 4.69. The van der Waals surface area contributed by atoms with E-state index >= 15 is 0 Å². The number of rotatable bonds is 8. The molecule has 0 aromatic heterocycles. The van der Waals surface area contributed by atoms with Crippen LogP contribution in [0.4, 0.5) is 0 Å². The third-order valence-electron chi connectivity index (χ3n) is 3.18. The van der Waals surface area contributed by atoms with Crippen LogP contribution in [0.2, 0.25) is 5.02 Å². The molecule has 1 rings (SSSR count). The third-order valence-corrected chi connectivity index (χ3v) is 5.33. The quantitative estimate of drug-likeness (QED) is 0.742. The van der Waals surface area contributed by atoms with Gasteiger partial charge in [-0.3, -0.25) is 0 Å². The minimum atomic E-state index is -3.61. The Balaban J connectivity index is 3.32. The van der Waals surface area contributed by atoms with Crippen molar-refractivity contribution in [1.29, 1.82) is 0 Å². The normalized spacial score (nSPS) is 11.9. The average molecular weight is 335 g/mol. The van der Waals surface area contributed by atoms with E-state index in [2.05, 4.69) is 12.2 Å². The lowest BCUT2D eigenvalue weighted by atomic mass is 10.2. The predicted molar refractivity (Wildman–Crippen MR) is 85.5 cm³/mol. The number of hydrogen-bond acceptors (Lipinski definition) is 4. The van der Waals surface area contributed by atoms with E-state index in [4.69, 9.17) is 16.3 Å². The van der Waals surface area contributed by atoms with Crippen molar-refractivity contribution in [2.24, 2.45) is 0 Å². The van der Waals surface area contributed by atoms with Gasteiger partial charge in [-0.15, -0.1) is 0 Å². The molecule has 1 aromatic rings. The molecule has 7 heteroatoms. The van der Waals surface area contributed by atoms with Gasteiger partial charge in [0.05, 0.1) is 7.11 Å². The summed E-state index contributed by atoms with van der Waals surface area (Å²) in [6.45, 7) is 5.57. The molecule has 1 N–H and O–H groups in total. The van der Waals surface area contributed by atoms with Crippen LogP contribution < -0.4 is 10.1 Å². The Hall–Kier alpha value is -0.820. The summed E-state index contributed by atoms with van der Waals surface area (Å²) in [6.07, 6.45) is 0.993. The highest BCUT2D eigenvalue weighted by Crippen LogP contribution is 2.33. The van der Waals surface area contributed by atoms with Crippen LogP contribution in [0, 0.1) is 0 Å². The average Bonchev–Trinajstić information content (AvgIpc) is 2.46. The van der Waals surface area contributed by atoms with Gasteiger partial charge < -0.3 is 10.1 Å². The van der Waals surface area contributed by atoms with Crippen LogP contribution in [0.3, 0.4) is 0 Å². The minimum absolute atomic E-state index is 0.107. The second kappa shape index (κ2) is 7.98. The van der Waals surface area contributed by atoms with Crippen LogP contribution in [-0.2, 0) is 16.6 Å². The van der Waals surface area contributed by atoms with Crippen LogP contribution in [0.15, 0.2) is 17.0 Å². The third kappa shape index (κ3) is 4.32. The van der Waals surface area contributed by atoms with Gasteiger partial charge in [0.25, 0.3) is 0 Å². The molecule has 21 heavy (non-hydrogen) atoms. The molecule has 1 aromatic carbocycles. The van der Waals surface area contributed by atoms with E-state index in [-0.39, 0.29) is 4.90 Å². The minimum Gasteiger partial charge on any atom is -0.495 e. The van der Waals surface area contributed by atoms with Crippen molar-refractivity contribution in [2.75, 3.05) is 27.2 Å². The fourth-order valence-electron chi connectivity index (χ4n) is 1.91. The Kier molecular flexibility index (Phi) is 6.93. The summed E-state index contributed by atoms with van der Waals surface area (Å²) in [7, 11) is -0.609. The van der Waals surface area contributed by atoms with Crippen molar-refractivity contribution in [1.82, 2.24) is 9.62 Å². The summed E-state index contributed by atoms with van der Waals surface area (Å²) in [5.41, 5.74) is 0.738. The van der Waals surface area contributed by atoms with E-state index in [9.17, 15) is 8.42 Å². The van der Waals surface area contributed by atoms with Gasteiger partial charge in [-0.2, -0.15) is 0 Å².